The predicted molar refractivity (Wildman–Crippen MR) is 94.5 cm³/mol. The zero-order valence-corrected chi connectivity index (χ0v) is 14.1. The number of imide groups is 1. The topological polar surface area (TPSA) is 99.8 Å². The van der Waals surface area contributed by atoms with E-state index >= 15 is 0 Å². The summed E-state index contributed by atoms with van der Waals surface area (Å²) in [6.07, 6.45) is 2.84. The number of carbonyl (C=O) groups excluding carboxylic acids is 2. The van der Waals surface area contributed by atoms with Crippen molar-refractivity contribution < 1.29 is 23.9 Å². The lowest BCUT2D eigenvalue weighted by Gasteiger charge is -2.06. The van der Waals surface area contributed by atoms with Gasteiger partial charge in [-0.3, -0.25) is 9.69 Å². The van der Waals surface area contributed by atoms with E-state index in [0.717, 1.165) is 4.90 Å². The van der Waals surface area contributed by atoms with Crippen molar-refractivity contribution in [3.63, 3.8) is 0 Å². The summed E-state index contributed by atoms with van der Waals surface area (Å²) in [5, 5.41) is 11.9. The van der Waals surface area contributed by atoms with E-state index < -0.39 is 17.9 Å². The van der Waals surface area contributed by atoms with Crippen molar-refractivity contribution in [1.29, 1.82) is 0 Å². The summed E-state index contributed by atoms with van der Waals surface area (Å²) in [6, 6.07) is 6.90. The molecule has 0 atom stereocenters. The average Bonchev–Trinajstić information content (AvgIpc) is 3.16. The Morgan fingerprint density at radius 2 is 2.08 bits per heavy atom. The van der Waals surface area contributed by atoms with E-state index in [4.69, 9.17) is 21.1 Å². The fourth-order valence-corrected chi connectivity index (χ4v) is 2.64. The van der Waals surface area contributed by atoms with Gasteiger partial charge in [-0.15, -0.1) is 6.58 Å². The lowest BCUT2D eigenvalue weighted by Crippen LogP contribution is -2.30. The fraction of sp³-hybridized carbons (Fsp3) is 0.0556. The molecule has 1 aliphatic heterocycles. The molecule has 0 radical (unpaired) electrons. The van der Waals surface area contributed by atoms with Gasteiger partial charge in [0.1, 0.15) is 17.2 Å². The summed E-state index contributed by atoms with van der Waals surface area (Å²) in [6.45, 7) is 3.60. The van der Waals surface area contributed by atoms with E-state index in [1.165, 1.54) is 30.4 Å². The van der Waals surface area contributed by atoms with Gasteiger partial charge >= 0.3 is 12.0 Å². The van der Waals surface area contributed by atoms with Crippen molar-refractivity contribution in [2.45, 2.75) is 0 Å². The van der Waals surface area contributed by atoms with Crippen LogP contribution < -0.4 is 5.32 Å². The van der Waals surface area contributed by atoms with E-state index in [0.29, 0.717) is 22.1 Å². The van der Waals surface area contributed by atoms with E-state index in [1.807, 2.05) is 0 Å². The van der Waals surface area contributed by atoms with Crippen LogP contribution in [0.3, 0.4) is 0 Å². The smallest absolute Gasteiger partial charge is 0.335 e. The lowest BCUT2D eigenvalue weighted by atomic mass is 10.1. The van der Waals surface area contributed by atoms with Crippen LogP contribution >= 0.6 is 11.6 Å². The summed E-state index contributed by atoms with van der Waals surface area (Å²) in [4.78, 5) is 36.0. The van der Waals surface area contributed by atoms with Crippen LogP contribution in [0.4, 0.5) is 4.79 Å². The number of aromatic carboxylic acids is 1. The lowest BCUT2D eigenvalue weighted by molar-refractivity contribution is -0.122. The summed E-state index contributed by atoms with van der Waals surface area (Å²) < 4.78 is 5.63. The van der Waals surface area contributed by atoms with Gasteiger partial charge in [0.05, 0.1) is 10.6 Å². The first kappa shape index (κ1) is 17.5. The van der Waals surface area contributed by atoms with Crippen molar-refractivity contribution in [3.05, 3.63) is 65.0 Å². The van der Waals surface area contributed by atoms with Crippen LogP contribution in [0.5, 0.6) is 0 Å². The zero-order valence-electron chi connectivity index (χ0n) is 13.4. The van der Waals surface area contributed by atoms with Gasteiger partial charge in [0, 0.05) is 18.2 Å². The van der Waals surface area contributed by atoms with Gasteiger partial charge in [0.2, 0.25) is 0 Å². The number of nitrogens with one attached hydrogen (secondary N) is 1. The van der Waals surface area contributed by atoms with Crippen LogP contribution in [0.15, 0.2) is 53.1 Å². The van der Waals surface area contributed by atoms with Crippen molar-refractivity contribution >= 4 is 35.6 Å². The molecule has 8 heteroatoms. The highest BCUT2D eigenvalue weighted by atomic mass is 35.5. The Morgan fingerprint density at radius 1 is 1.31 bits per heavy atom. The predicted octanol–water partition coefficient (Wildman–Crippen LogP) is 3.38. The van der Waals surface area contributed by atoms with Crippen molar-refractivity contribution in [2.24, 2.45) is 0 Å². The Morgan fingerprint density at radius 3 is 2.77 bits per heavy atom. The molecule has 1 aromatic heterocycles. The molecule has 3 rings (SSSR count). The Kier molecular flexibility index (Phi) is 4.64. The maximum Gasteiger partial charge on any atom is 0.335 e. The average molecular weight is 373 g/mol. The number of hydrogen-bond acceptors (Lipinski definition) is 4. The van der Waals surface area contributed by atoms with Gasteiger partial charge in [-0.25, -0.2) is 9.59 Å². The van der Waals surface area contributed by atoms with E-state index in [2.05, 4.69) is 11.9 Å². The van der Waals surface area contributed by atoms with Crippen LogP contribution in [-0.2, 0) is 4.79 Å². The van der Waals surface area contributed by atoms with E-state index in [-0.39, 0.29) is 17.8 Å². The first-order chi connectivity index (χ1) is 12.4. The minimum Gasteiger partial charge on any atom is -0.478 e. The Bertz CT molecular complexity index is 960. The molecule has 0 spiro atoms. The second-order valence-corrected chi connectivity index (χ2v) is 5.80. The van der Waals surface area contributed by atoms with Crippen LogP contribution in [0.25, 0.3) is 17.4 Å². The van der Waals surface area contributed by atoms with Gasteiger partial charge in [-0.05, 0) is 30.3 Å². The van der Waals surface area contributed by atoms with Gasteiger partial charge in [0.25, 0.3) is 5.91 Å². The second kappa shape index (κ2) is 6.89. The molecule has 26 heavy (non-hydrogen) atoms. The van der Waals surface area contributed by atoms with Crippen LogP contribution in [0, 0.1) is 0 Å². The molecular formula is C18H13ClN2O5. The minimum absolute atomic E-state index is 0.0685. The number of carbonyl (C=O) groups is 3. The largest absolute Gasteiger partial charge is 0.478 e. The van der Waals surface area contributed by atoms with Gasteiger partial charge < -0.3 is 14.8 Å². The number of benzene rings is 1. The zero-order chi connectivity index (χ0) is 18.8. The molecule has 0 saturated carbocycles. The van der Waals surface area contributed by atoms with Crippen molar-refractivity contribution in [1.82, 2.24) is 10.2 Å². The van der Waals surface area contributed by atoms with Crippen LogP contribution in [0.2, 0.25) is 5.02 Å². The minimum atomic E-state index is -1.08. The molecule has 132 valence electrons. The number of nitrogens with zero attached hydrogens (tertiary/aromatic N) is 1. The number of halogens is 1. The number of rotatable bonds is 5. The SMILES string of the molecule is C=CCN1C(=O)N/C(=C/c2ccc(-c3cc(C(=O)O)ccc3Cl)o2)C1=O. The quantitative estimate of drug-likeness (QED) is 0.476. The van der Waals surface area contributed by atoms with E-state index in [1.54, 1.807) is 12.1 Å². The number of urea groups is 1. The Balaban J connectivity index is 1.91. The molecule has 7 nitrogen and oxygen atoms in total. The number of furan rings is 1. The molecule has 2 N–H and O–H groups in total. The molecule has 0 aliphatic carbocycles. The third-order valence-electron chi connectivity index (χ3n) is 3.67. The monoisotopic (exact) mass is 372 g/mol. The molecular weight excluding hydrogens is 360 g/mol. The van der Waals surface area contributed by atoms with E-state index in [9.17, 15) is 14.4 Å². The summed E-state index contributed by atoms with van der Waals surface area (Å²) in [7, 11) is 0. The maximum absolute atomic E-state index is 12.2. The molecule has 3 amide bonds. The second-order valence-electron chi connectivity index (χ2n) is 5.39. The van der Waals surface area contributed by atoms with Crippen LogP contribution in [-0.4, -0.2) is 34.5 Å². The molecule has 0 unspecified atom stereocenters. The van der Waals surface area contributed by atoms with Crippen molar-refractivity contribution in [3.8, 4) is 11.3 Å². The molecule has 1 aromatic carbocycles. The molecule has 2 heterocycles. The molecule has 1 aliphatic rings. The van der Waals surface area contributed by atoms with Crippen LogP contribution in [0.1, 0.15) is 16.1 Å². The highest BCUT2D eigenvalue weighted by Gasteiger charge is 2.32. The third-order valence-corrected chi connectivity index (χ3v) is 4.00. The summed E-state index contributed by atoms with van der Waals surface area (Å²) in [5.74, 6) is -0.928. The van der Waals surface area contributed by atoms with Gasteiger partial charge in [-0.2, -0.15) is 0 Å². The fourth-order valence-electron chi connectivity index (χ4n) is 2.43. The van der Waals surface area contributed by atoms with Crippen molar-refractivity contribution in [2.75, 3.05) is 6.54 Å². The molecule has 2 aromatic rings. The Hall–Kier alpha value is -3.32. The highest BCUT2D eigenvalue weighted by molar-refractivity contribution is 6.33. The number of hydrogen-bond donors (Lipinski definition) is 2. The standard InChI is InChI=1S/C18H13ClN2O5/c1-2-7-21-16(22)14(20-18(21)25)9-11-4-6-15(26-11)12-8-10(17(23)24)3-5-13(12)19/h2-6,8-9H,1,7H2,(H,20,25)(H,23,24)/b14-9+. The van der Waals surface area contributed by atoms with Gasteiger partial charge in [0.15, 0.2) is 0 Å². The molecule has 1 fully saturated rings. The first-order valence-electron chi connectivity index (χ1n) is 7.49. The summed E-state index contributed by atoms with van der Waals surface area (Å²) >= 11 is 6.12. The third kappa shape index (κ3) is 3.25. The summed E-state index contributed by atoms with van der Waals surface area (Å²) in [5.41, 5.74) is 0.549. The normalized spacial score (nSPS) is 15.4. The molecule has 0 bridgehead atoms. The number of amides is 3. The maximum atomic E-state index is 12.2. The van der Waals surface area contributed by atoms with Gasteiger partial charge in [-0.1, -0.05) is 17.7 Å². The Labute approximate surface area is 153 Å². The highest BCUT2D eigenvalue weighted by Crippen LogP contribution is 2.31. The first-order valence-corrected chi connectivity index (χ1v) is 7.87. The number of carboxylic acid groups (broad SMARTS) is 1. The molecule has 1 saturated heterocycles. The number of carboxylic acids is 1.